The van der Waals surface area contributed by atoms with Crippen LogP contribution in [0.25, 0.3) is 0 Å². The fourth-order valence-electron chi connectivity index (χ4n) is 2.42. The van der Waals surface area contributed by atoms with E-state index in [0.29, 0.717) is 5.91 Å². The van der Waals surface area contributed by atoms with Crippen molar-refractivity contribution >= 4 is 5.91 Å². The van der Waals surface area contributed by atoms with Gasteiger partial charge in [-0.25, -0.2) is 4.79 Å². The van der Waals surface area contributed by atoms with Crippen LogP contribution in [0.3, 0.4) is 0 Å². The predicted molar refractivity (Wildman–Crippen MR) is 78.9 cm³/mol. The van der Waals surface area contributed by atoms with Gasteiger partial charge in [0.2, 0.25) is 0 Å². The molecule has 1 amide bonds. The third kappa shape index (κ3) is 9.64. The molecule has 0 saturated carbocycles. The molecule has 18 heavy (non-hydrogen) atoms. The van der Waals surface area contributed by atoms with Gasteiger partial charge in [-0.1, -0.05) is 58.3 Å². The summed E-state index contributed by atoms with van der Waals surface area (Å²) in [6, 6.07) is 0. The Balaban J connectivity index is 3.27. The van der Waals surface area contributed by atoms with E-state index in [1.54, 1.807) is 0 Å². The van der Waals surface area contributed by atoms with E-state index >= 15 is 0 Å². The normalized spacial score (nSPS) is 11.1. The van der Waals surface area contributed by atoms with Gasteiger partial charge < -0.3 is 0 Å². The van der Waals surface area contributed by atoms with Crippen LogP contribution in [-0.2, 0) is 4.79 Å². The molecule has 0 aromatic heterocycles. The Kier molecular flexibility index (Phi) is 12.8. The molecule has 2 nitrogen and oxygen atoms in total. The first-order valence-electron chi connectivity index (χ1n) is 8.14. The Morgan fingerprint density at radius 2 is 1.17 bits per heavy atom. The van der Waals surface area contributed by atoms with Gasteiger partial charge in [-0.15, -0.1) is 0 Å². The highest BCUT2D eigenvalue weighted by Crippen LogP contribution is 2.10. The fraction of sp³-hybridized carbons (Fsp3) is 0.938. The van der Waals surface area contributed by atoms with Gasteiger partial charge in [0.1, 0.15) is 0 Å². The fourth-order valence-corrected chi connectivity index (χ4v) is 2.42. The summed E-state index contributed by atoms with van der Waals surface area (Å²) in [5, 5.41) is 0. The van der Waals surface area contributed by atoms with Crippen molar-refractivity contribution in [3.8, 4) is 0 Å². The number of hydrogen-bond acceptors (Lipinski definition) is 1. The second kappa shape index (κ2) is 13.1. The second-order valence-corrected chi connectivity index (χ2v) is 5.31. The molecular weight excluding hydrogens is 222 g/mol. The molecule has 0 aliphatic heterocycles. The molecule has 0 aliphatic carbocycles. The van der Waals surface area contributed by atoms with Crippen molar-refractivity contribution in [1.29, 1.82) is 0 Å². The molecule has 0 rings (SSSR count). The summed E-state index contributed by atoms with van der Waals surface area (Å²) in [4.78, 5) is 12.9. The predicted octanol–water partition coefficient (Wildman–Crippen LogP) is 3.36. The molecule has 108 valence electrons. The summed E-state index contributed by atoms with van der Waals surface area (Å²) < 4.78 is 0. The van der Waals surface area contributed by atoms with Gasteiger partial charge in [0.15, 0.2) is 0 Å². The Labute approximate surface area is 114 Å². The van der Waals surface area contributed by atoms with Gasteiger partial charge in [-0.3, -0.25) is 4.90 Å². The monoisotopic (exact) mass is 256 g/mol. The molecule has 0 radical (unpaired) electrons. The minimum Gasteiger partial charge on any atom is -0.272 e. The molecule has 0 atom stereocenters. The molecule has 0 heterocycles. The summed E-state index contributed by atoms with van der Waals surface area (Å²) in [5.74, 6) is 0.419. The highest BCUT2D eigenvalue weighted by molar-refractivity contribution is 5.66. The molecule has 0 fully saturated rings. The zero-order valence-electron chi connectivity index (χ0n) is 12.9. The van der Waals surface area contributed by atoms with E-state index in [4.69, 9.17) is 0 Å². The topological polar surface area (TPSA) is 21.5 Å². The molecule has 0 aliphatic rings. The molecular formula is C16H34NO+. The minimum atomic E-state index is 0.419. The van der Waals surface area contributed by atoms with Crippen molar-refractivity contribution in [1.82, 2.24) is 0 Å². The summed E-state index contributed by atoms with van der Waals surface area (Å²) in [6.07, 6.45) is 12.7. The summed E-state index contributed by atoms with van der Waals surface area (Å²) in [6.45, 7) is 8.31. The number of unbranched alkanes of at least 4 members (excludes halogenated alkanes) is 8. The van der Waals surface area contributed by atoms with Crippen LogP contribution < -0.4 is 4.90 Å². The van der Waals surface area contributed by atoms with E-state index in [2.05, 4.69) is 20.8 Å². The highest BCUT2D eigenvalue weighted by atomic mass is 16.2. The number of carbonyl (C=O) groups excluding carboxylic acids is 1. The van der Waals surface area contributed by atoms with Crippen LogP contribution in [0.4, 0.5) is 0 Å². The zero-order valence-corrected chi connectivity index (χ0v) is 12.9. The lowest BCUT2D eigenvalue weighted by Gasteiger charge is -2.12. The van der Waals surface area contributed by atoms with Crippen molar-refractivity contribution in [2.24, 2.45) is 0 Å². The van der Waals surface area contributed by atoms with Crippen LogP contribution in [0.2, 0.25) is 0 Å². The maximum atomic E-state index is 11.8. The van der Waals surface area contributed by atoms with Gasteiger partial charge in [0.05, 0.1) is 19.5 Å². The molecule has 2 heteroatoms. The van der Waals surface area contributed by atoms with Crippen molar-refractivity contribution in [2.45, 2.75) is 85.0 Å². The van der Waals surface area contributed by atoms with Gasteiger partial charge in [-0.05, 0) is 20.3 Å². The van der Waals surface area contributed by atoms with E-state index in [1.807, 2.05) is 0 Å². The molecule has 0 saturated heterocycles. The van der Waals surface area contributed by atoms with E-state index < -0.39 is 0 Å². The first kappa shape index (κ1) is 17.6. The third-order valence-electron chi connectivity index (χ3n) is 3.76. The number of rotatable bonds is 12. The smallest absolute Gasteiger partial charge is 0.272 e. The number of carbonyl (C=O) groups is 1. The molecule has 0 unspecified atom stereocenters. The Morgan fingerprint density at radius 3 is 1.61 bits per heavy atom. The van der Waals surface area contributed by atoms with E-state index in [0.717, 1.165) is 30.8 Å². The van der Waals surface area contributed by atoms with Crippen LogP contribution in [0.1, 0.15) is 85.0 Å². The summed E-state index contributed by atoms with van der Waals surface area (Å²) in [5.41, 5.74) is 0. The van der Waals surface area contributed by atoms with E-state index in [-0.39, 0.29) is 0 Å². The zero-order chi connectivity index (χ0) is 13.6. The van der Waals surface area contributed by atoms with Crippen LogP contribution in [-0.4, -0.2) is 19.0 Å². The summed E-state index contributed by atoms with van der Waals surface area (Å²) >= 11 is 0. The molecule has 0 bridgehead atoms. The third-order valence-corrected chi connectivity index (χ3v) is 3.76. The lowest BCUT2D eigenvalue weighted by atomic mass is 10.1. The van der Waals surface area contributed by atoms with Crippen molar-refractivity contribution in [2.75, 3.05) is 13.1 Å². The second-order valence-electron chi connectivity index (χ2n) is 5.31. The standard InChI is InChI=1S/C16H33NO/c1-4-7-8-9-10-11-12-13-14-15-16(18)17(5-2)6-3/h4-15H2,1-3H3/p+1. The maximum Gasteiger partial charge on any atom is 0.312 e. The number of hydrogen-bond donors (Lipinski definition) is 1. The first-order chi connectivity index (χ1) is 8.76. The maximum absolute atomic E-state index is 11.8. The minimum absolute atomic E-state index is 0.419. The molecule has 0 aromatic rings. The lowest BCUT2D eigenvalue weighted by Crippen LogP contribution is -3.14. The SMILES string of the molecule is CCCCCCCCCCCC(=O)[NH+](CC)CC. The number of quaternary nitrogens is 1. The average molecular weight is 256 g/mol. The quantitative estimate of drug-likeness (QED) is 0.531. The largest absolute Gasteiger partial charge is 0.312 e. The van der Waals surface area contributed by atoms with Crippen molar-refractivity contribution in [3.63, 3.8) is 0 Å². The van der Waals surface area contributed by atoms with Crippen LogP contribution >= 0.6 is 0 Å². The Morgan fingerprint density at radius 1 is 0.722 bits per heavy atom. The van der Waals surface area contributed by atoms with Gasteiger partial charge in [-0.2, -0.15) is 0 Å². The highest BCUT2D eigenvalue weighted by Gasteiger charge is 2.13. The molecule has 0 spiro atoms. The average Bonchev–Trinajstić information content (AvgIpc) is 2.38. The van der Waals surface area contributed by atoms with Crippen molar-refractivity contribution in [3.05, 3.63) is 0 Å². The molecule has 0 aromatic carbocycles. The first-order valence-corrected chi connectivity index (χ1v) is 8.14. The Bertz CT molecular complexity index is 188. The van der Waals surface area contributed by atoms with Gasteiger partial charge in [0.25, 0.3) is 0 Å². The van der Waals surface area contributed by atoms with Crippen LogP contribution in [0, 0.1) is 0 Å². The van der Waals surface area contributed by atoms with Crippen molar-refractivity contribution < 1.29 is 9.69 Å². The lowest BCUT2D eigenvalue weighted by molar-refractivity contribution is -0.816. The van der Waals surface area contributed by atoms with Gasteiger partial charge in [0, 0.05) is 0 Å². The number of amides is 1. The van der Waals surface area contributed by atoms with E-state index in [1.165, 1.54) is 51.4 Å². The molecule has 1 N–H and O–H groups in total. The van der Waals surface area contributed by atoms with E-state index in [9.17, 15) is 4.79 Å². The van der Waals surface area contributed by atoms with Crippen LogP contribution in [0.5, 0.6) is 0 Å². The van der Waals surface area contributed by atoms with Crippen LogP contribution in [0.15, 0.2) is 0 Å². The van der Waals surface area contributed by atoms with Gasteiger partial charge >= 0.3 is 5.91 Å². The Hall–Kier alpha value is -0.370. The summed E-state index contributed by atoms with van der Waals surface area (Å²) in [7, 11) is 0. The number of nitrogens with one attached hydrogen (secondary N) is 1.